The van der Waals surface area contributed by atoms with Gasteiger partial charge in [-0.1, -0.05) is 6.07 Å². The van der Waals surface area contributed by atoms with Gasteiger partial charge in [0.25, 0.3) is 0 Å². The zero-order chi connectivity index (χ0) is 24.3. The van der Waals surface area contributed by atoms with Gasteiger partial charge in [-0.15, -0.1) is 0 Å². The summed E-state index contributed by atoms with van der Waals surface area (Å²) in [6.07, 6.45) is 5.22. The van der Waals surface area contributed by atoms with E-state index in [1.165, 1.54) is 11.3 Å². The highest BCUT2D eigenvalue weighted by Crippen LogP contribution is 2.40. The van der Waals surface area contributed by atoms with Crippen molar-refractivity contribution < 1.29 is 4.74 Å². The van der Waals surface area contributed by atoms with Gasteiger partial charge in [-0.2, -0.15) is 10.2 Å². The molecule has 1 atom stereocenters. The van der Waals surface area contributed by atoms with Gasteiger partial charge in [0.05, 0.1) is 24.0 Å². The predicted molar refractivity (Wildman–Crippen MR) is 134 cm³/mol. The molecule has 0 amide bonds. The molecule has 0 spiro atoms. The number of rotatable bonds is 4. The molecule has 1 saturated heterocycles. The Morgan fingerprint density at radius 3 is 2.69 bits per heavy atom. The van der Waals surface area contributed by atoms with E-state index in [0.29, 0.717) is 12.5 Å². The Labute approximate surface area is 205 Å². The van der Waals surface area contributed by atoms with Crippen LogP contribution in [0, 0.1) is 6.92 Å². The lowest BCUT2D eigenvalue weighted by Gasteiger charge is -2.15. The molecule has 9 heteroatoms. The van der Waals surface area contributed by atoms with Crippen LogP contribution in [0.1, 0.15) is 43.7 Å². The largest absolute Gasteiger partial charge is 0.491 e. The first-order chi connectivity index (χ1) is 16.9. The third-order valence-corrected chi connectivity index (χ3v) is 7.12. The molecule has 1 unspecified atom stereocenters. The Morgan fingerprint density at radius 2 is 1.91 bits per heavy atom. The van der Waals surface area contributed by atoms with Crippen LogP contribution < -0.4 is 4.74 Å². The molecule has 0 N–H and O–H groups in total. The van der Waals surface area contributed by atoms with Gasteiger partial charge in [0.15, 0.2) is 5.82 Å². The summed E-state index contributed by atoms with van der Waals surface area (Å²) >= 11 is 0. The molecule has 3 aromatic heterocycles. The number of ether oxygens (including phenoxy) is 1. The third kappa shape index (κ3) is 3.74. The second kappa shape index (κ2) is 8.34. The second-order valence-electron chi connectivity index (χ2n) is 10.0. The van der Waals surface area contributed by atoms with Gasteiger partial charge in [0, 0.05) is 37.3 Å². The Kier molecular flexibility index (Phi) is 5.25. The number of fused-ring (bicyclic) bond motifs is 3. The normalized spacial score (nSPS) is 17.9. The molecule has 2 aliphatic heterocycles. The topological polar surface area (TPSA) is 78.8 Å². The fourth-order valence-corrected chi connectivity index (χ4v) is 5.43. The summed E-state index contributed by atoms with van der Waals surface area (Å²) in [5.74, 6) is 3.81. The highest BCUT2D eigenvalue weighted by molar-refractivity contribution is 5.76. The fourth-order valence-electron chi connectivity index (χ4n) is 5.43. The first kappa shape index (κ1) is 22.0. The first-order valence-electron chi connectivity index (χ1n) is 12.4. The highest BCUT2D eigenvalue weighted by atomic mass is 16.5. The van der Waals surface area contributed by atoms with Crippen molar-refractivity contribution in [2.45, 2.75) is 45.7 Å². The first-order valence-corrected chi connectivity index (χ1v) is 12.4. The SMILES string of the molecule is Cc1nc(-c2cn3c(n2)-c2ccc(-c4cnn(C)c4C4CCN(C)C4)cc2OCC3)n(C(C)C)n1. The standard InChI is InChI=1S/C26H32N8O/c1-16(2)34-26(28-17(3)30-34)22-15-33-10-11-35-23-12-18(6-7-20(23)25(33)29-22)21-13-27-32(5)24(21)19-8-9-31(4)14-19/h6-7,12-13,15-16,19H,8-11,14H2,1-5H3. The molecule has 35 heavy (non-hydrogen) atoms. The lowest BCUT2D eigenvalue weighted by Crippen LogP contribution is -2.15. The molecule has 1 fully saturated rings. The Balaban J connectivity index is 1.40. The van der Waals surface area contributed by atoms with Crippen molar-refractivity contribution in [1.29, 1.82) is 0 Å². The molecule has 182 valence electrons. The molecule has 5 heterocycles. The average molecular weight is 473 g/mol. The van der Waals surface area contributed by atoms with E-state index in [2.05, 4.69) is 69.9 Å². The van der Waals surface area contributed by atoms with Crippen LogP contribution in [0.25, 0.3) is 34.0 Å². The maximum absolute atomic E-state index is 6.22. The molecule has 6 rings (SSSR count). The van der Waals surface area contributed by atoms with E-state index in [9.17, 15) is 0 Å². The number of aryl methyl sites for hydroxylation is 2. The summed E-state index contributed by atoms with van der Waals surface area (Å²) in [4.78, 5) is 12.1. The van der Waals surface area contributed by atoms with Crippen LogP contribution in [0.2, 0.25) is 0 Å². The zero-order valence-electron chi connectivity index (χ0n) is 21.1. The van der Waals surface area contributed by atoms with Crippen molar-refractivity contribution in [3.05, 3.63) is 42.1 Å². The molecule has 2 aliphatic rings. The Morgan fingerprint density at radius 1 is 1.06 bits per heavy atom. The second-order valence-corrected chi connectivity index (χ2v) is 10.0. The molecular formula is C26H32N8O. The van der Waals surface area contributed by atoms with Gasteiger partial charge < -0.3 is 14.2 Å². The zero-order valence-corrected chi connectivity index (χ0v) is 21.1. The smallest absolute Gasteiger partial charge is 0.178 e. The van der Waals surface area contributed by atoms with E-state index in [0.717, 1.165) is 66.1 Å². The van der Waals surface area contributed by atoms with Gasteiger partial charge in [-0.05, 0) is 58.5 Å². The molecule has 0 radical (unpaired) electrons. The fraction of sp³-hybridized carbons (Fsp3) is 0.462. The molecular weight excluding hydrogens is 440 g/mol. The van der Waals surface area contributed by atoms with Crippen LogP contribution in [0.15, 0.2) is 30.6 Å². The maximum Gasteiger partial charge on any atom is 0.178 e. The van der Waals surface area contributed by atoms with E-state index < -0.39 is 0 Å². The van der Waals surface area contributed by atoms with Crippen LogP contribution in [-0.2, 0) is 13.6 Å². The summed E-state index contributed by atoms with van der Waals surface area (Å²) < 4.78 is 12.4. The number of likely N-dealkylation sites (N-methyl/N-ethyl adjacent to an activating group) is 1. The summed E-state index contributed by atoms with van der Waals surface area (Å²) in [5.41, 5.74) is 5.46. The number of hydrogen-bond donors (Lipinski definition) is 0. The van der Waals surface area contributed by atoms with Crippen molar-refractivity contribution in [2.75, 3.05) is 26.7 Å². The number of likely N-dealkylation sites (tertiary alicyclic amines) is 1. The van der Waals surface area contributed by atoms with Gasteiger partial charge in [0.1, 0.15) is 29.7 Å². The van der Waals surface area contributed by atoms with E-state index >= 15 is 0 Å². The van der Waals surface area contributed by atoms with Crippen molar-refractivity contribution in [3.63, 3.8) is 0 Å². The Hall–Kier alpha value is -3.46. The van der Waals surface area contributed by atoms with E-state index in [4.69, 9.17) is 9.72 Å². The quantitative estimate of drug-likeness (QED) is 0.448. The number of imidazole rings is 1. The predicted octanol–water partition coefficient (Wildman–Crippen LogP) is 3.91. The molecule has 0 saturated carbocycles. The molecule has 0 bridgehead atoms. The summed E-state index contributed by atoms with van der Waals surface area (Å²) in [7, 11) is 4.24. The lowest BCUT2D eigenvalue weighted by molar-refractivity contribution is 0.307. The van der Waals surface area contributed by atoms with Crippen LogP contribution in [-0.4, -0.2) is 65.7 Å². The minimum atomic E-state index is 0.208. The lowest BCUT2D eigenvalue weighted by atomic mass is 9.95. The van der Waals surface area contributed by atoms with Crippen molar-refractivity contribution in [2.24, 2.45) is 7.05 Å². The summed E-state index contributed by atoms with van der Waals surface area (Å²) in [6, 6.07) is 6.67. The van der Waals surface area contributed by atoms with Crippen LogP contribution >= 0.6 is 0 Å². The molecule has 1 aromatic carbocycles. The molecule has 9 nitrogen and oxygen atoms in total. The van der Waals surface area contributed by atoms with Crippen LogP contribution in [0.4, 0.5) is 0 Å². The minimum absolute atomic E-state index is 0.208. The molecule has 0 aliphatic carbocycles. The molecule has 4 aromatic rings. The van der Waals surface area contributed by atoms with E-state index in [-0.39, 0.29) is 6.04 Å². The van der Waals surface area contributed by atoms with Gasteiger partial charge in [-0.25, -0.2) is 14.6 Å². The van der Waals surface area contributed by atoms with Crippen LogP contribution in [0.3, 0.4) is 0 Å². The average Bonchev–Trinajstić information content (AvgIpc) is 3.59. The number of benzene rings is 1. The van der Waals surface area contributed by atoms with E-state index in [1.54, 1.807) is 0 Å². The number of nitrogens with zero attached hydrogens (tertiary/aromatic N) is 8. The monoisotopic (exact) mass is 472 g/mol. The summed E-state index contributed by atoms with van der Waals surface area (Å²) in [5, 5.41) is 9.18. The minimum Gasteiger partial charge on any atom is -0.491 e. The van der Waals surface area contributed by atoms with E-state index in [1.807, 2.05) is 29.5 Å². The van der Waals surface area contributed by atoms with Crippen molar-refractivity contribution >= 4 is 0 Å². The third-order valence-electron chi connectivity index (χ3n) is 7.12. The van der Waals surface area contributed by atoms with Gasteiger partial charge >= 0.3 is 0 Å². The summed E-state index contributed by atoms with van der Waals surface area (Å²) in [6.45, 7) is 9.64. The van der Waals surface area contributed by atoms with Crippen molar-refractivity contribution in [3.8, 4) is 39.8 Å². The highest BCUT2D eigenvalue weighted by Gasteiger charge is 2.28. The van der Waals surface area contributed by atoms with Crippen molar-refractivity contribution in [1.82, 2.24) is 39.0 Å². The number of hydrogen-bond acceptors (Lipinski definition) is 6. The number of aromatic nitrogens is 7. The van der Waals surface area contributed by atoms with Gasteiger partial charge in [-0.3, -0.25) is 4.68 Å². The van der Waals surface area contributed by atoms with Gasteiger partial charge in [0.2, 0.25) is 0 Å². The maximum atomic E-state index is 6.22. The van der Waals surface area contributed by atoms with Crippen LogP contribution in [0.5, 0.6) is 5.75 Å². The Bertz CT molecular complexity index is 1390.